The molecule has 1 saturated heterocycles. The SMILES string of the molecule is CC1CCN(c2nc(N)c([N+](=O)[O-])c(Nc3ccc(F)cc3)n2)CC1. The average Bonchev–Trinajstić information content (AvgIpc) is 2.57. The molecule has 132 valence electrons. The highest BCUT2D eigenvalue weighted by Gasteiger charge is 2.26. The van der Waals surface area contributed by atoms with E-state index in [-0.39, 0.29) is 11.6 Å². The smallest absolute Gasteiger partial charge is 0.353 e. The fraction of sp³-hybridized carbons (Fsp3) is 0.375. The van der Waals surface area contributed by atoms with Crippen molar-refractivity contribution >= 4 is 29.0 Å². The van der Waals surface area contributed by atoms with Crippen molar-refractivity contribution in [2.75, 3.05) is 29.0 Å². The fourth-order valence-electron chi connectivity index (χ4n) is 2.75. The number of benzene rings is 1. The molecule has 0 atom stereocenters. The van der Waals surface area contributed by atoms with Gasteiger partial charge in [0.15, 0.2) is 0 Å². The van der Waals surface area contributed by atoms with Gasteiger partial charge in [-0.1, -0.05) is 6.92 Å². The van der Waals surface area contributed by atoms with E-state index in [1.54, 1.807) is 0 Å². The Morgan fingerprint density at radius 3 is 2.52 bits per heavy atom. The highest BCUT2D eigenvalue weighted by molar-refractivity contribution is 5.74. The molecular weight excluding hydrogens is 327 g/mol. The third-order valence-corrected chi connectivity index (χ3v) is 4.26. The number of aromatic nitrogens is 2. The normalized spacial score (nSPS) is 15.2. The number of nitro groups is 1. The predicted octanol–water partition coefficient (Wildman–Crippen LogP) is 3.09. The lowest BCUT2D eigenvalue weighted by atomic mass is 10.00. The molecule has 1 aromatic carbocycles. The summed E-state index contributed by atoms with van der Waals surface area (Å²) < 4.78 is 13.0. The highest BCUT2D eigenvalue weighted by atomic mass is 19.1. The van der Waals surface area contributed by atoms with Crippen LogP contribution in [0.15, 0.2) is 24.3 Å². The Labute approximate surface area is 144 Å². The summed E-state index contributed by atoms with van der Waals surface area (Å²) in [4.78, 5) is 21.1. The van der Waals surface area contributed by atoms with Crippen LogP contribution in [0.2, 0.25) is 0 Å². The lowest BCUT2D eigenvalue weighted by Gasteiger charge is -2.30. The number of rotatable bonds is 4. The minimum absolute atomic E-state index is 0.00210. The van der Waals surface area contributed by atoms with Gasteiger partial charge in [-0.3, -0.25) is 10.1 Å². The fourth-order valence-corrected chi connectivity index (χ4v) is 2.75. The molecule has 0 aliphatic carbocycles. The van der Waals surface area contributed by atoms with Crippen molar-refractivity contribution in [3.05, 3.63) is 40.2 Å². The Kier molecular flexibility index (Phi) is 4.64. The van der Waals surface area contributed by atoms with Gasteiger partial charge in [0.2, 0.25) is 17.6 Å². The Morgan fingerprint density at radius 1 is 1.28 bits per heavy atom. The first-order valence-corrected chi connectivity index (χ1v) is 8.03. The van der Waals surface area contributed by atoms with E-state index in [1.165, 1.54) is 24.3 Å². The minimum Gasteiger partial charge on any atom is -0.378 e. The summed E-state index contributed by atoms with van der Waals surface area (Å²) in [5.74, 6) is 0.393. The number of hydrogen-bond acceptors (Lipinski definition) is 7. The van der Waals surface area contributed by atoms with E-state index >= 15 is 0 Å². The molecule has 25 heavy (non-hydrogen) atoms. The van der Waals surface area contributed by atoms with Crippen LogP contribution in [-0.4, -0.2) is 28.0 Å². The van der Waals surface area contributed by atoms with Crippen LogP contribution < -0.4 is 16.0 Å². The van der Waals surface area contributed by atoms with Gasteiger partial charge in [-0.05, 0) is 43.0 Å². The summed E-state index contributed by atoms with van der Waals surface area (Å²) in [5, 5.41) is 14.2. The summed E-state index contributed by atoms with van der Waals surface area (Å²) in [5.41, 5.74) is 5.90. The van der Waals surface area contributed by atoms with Gasteiger partial charge in [0, 0.05) is 18.8 Å². The lowest BCUT2D eigenvalue weighted by Crippen LogP contribution is -2.34. The lowest BCUT2D eigenvalue weighted by molar-refractivity contribution is -0.383. The van der Waals surface area contributed by atoms with Gasteiger partial charge < -0.3 is 16.0 Å². The van der Waals surface area contributed by atoms with Crippen molar-refractivity contribution in [2.45, 2.75) is 19.8 Å². The molecule has 2 aromatic rings. The maximum Gasteiger partial charge on any atom is 0.353 e. The van der Waals surface area contributed by atoms with Crippen molar-refractivity contribution in [1.82, 2.24) is 9.97 Å². The van der Waals surface area contributed by atoms with E-state index in [1.807, 2.05) is 4.90 Å². The maximum absolute atomic E-state index is 13.0. The van der Waals surface area contributed by atoms with E-state index in [0.29, 0.717) is 17.6 Å². The number of nitrogens with one attached hydrogen (secondary N) is 1. The van der Waals surface area contributed by atoms with E-state index < -0.39 is 16.4 Å². The molecule has 0 saturated carbocycles. The molecule has 1 aromatic heterocycles. The number of nitrogen functional groups attached to an aromatic ring is 1. The van der Waals surface area contributed by atoms with E-state index in [0.717, 1.165) is 25.9 Å². The third kappa shape index (κ3) is 3.76. The summed E-state index contributed by atoms with van der Waals surface area (Å²) in [7, 11) is 0. The van der Waals surface area contributed by atoms with Crippen molar-refractivity contribution < 1.29 is 9.31 Å². The molecule has 2 heterocycles. The summed E-state index contributed by atoms with van der Waals surface area (Å²) in [6, 6.07) is 5.45. The highest BCUT2D eigenvalue weighted by Crippen LogP contribution is 2.33. The second-order valence-corrected chi connectivity index (χ2v) is 6.16. The second-order valence-electron chi connectivity index (χ2n) is 6.16. The van der Waals surface area contributed by atoms with Crippen LogP contribution in [0.4, 0.5) is 33.3 Å². The third-order valence-electron chi connectivity index (χ3n) is 4.26. The molecule has 0 bridgehead atoms. The van der Waals surface area contributed by atoms with Crippen LogP contribution >= 0.6 is 0 Å². The molecule has 0 spiro atoms. The van der Waals surface area contributed by atoms with Crippen molar-refractivity contribution in [2.24, 2.45) is 5.92 Å². The molecule has 0 radical (unpaired) electrons. The molecule has 0 unspecified atom stereocenters. The topological polar surface area (TPSA) is 110 Å². The molecule has 3 rings (SSSR count). The number of hydrogen-bond donors (Lipinski definition) is 2. The first kappa shape index (κ1) is 16.9. The maximum atomic E-state index is 13.0. The van der Waals surface area contributed by atoms with Crippen LogP contribution in [0.5, 0.6) is 0 Å². The van der Waals surface area contributed by atoms with Gasteiger partial charge in [-0.2, -0.15) is 9.97 Å². The van der Waals surface area contributed by atoms with Crippen LogP contribution in [0.3, 0.4) is 0 Å². The van der Waals surface area contributed by atoms with Gasteiger partial charge in [0.25, 0.3) is 0 Å². The standard InChI is InChI=1S/C16H19FN6O2/c1-10-6-8-22(9-7-10)16-20-14(18)13(23(24)25)15(21-16)19-12-4-2-11(17)3-5-12/h2-5,10H,6-9H2,1H3,(H3,18,19,20,21). The van der Waals surface area contributed by atoms with Gasteiger partial charge >= 0.3 is 5.69 Å². The van der Waals surface area contributed by atoms with Gasteiger partial charge in [-0.25, -0.2) is 4.39 Å². The molecule has 1 aliphatic rings. The zero-order chi connectivity index (χ0) is 18.0. The van der Waals surface area contributed by atoms with Crippen molar-refractivity contribution in [3.63, 3.8) is 0 Å². The summed E-state index contributed by atoms with van der Waals surface area (Å²) in [6.45, 7) is 3.73. The van der Waals surface area contributed by atoms with Crippen molar-refractivity contribution in [3.8, 4) is 0 Å². The predicted molar refractivity (Wildman–Crippen MR) is 93.4 cm³/mol. The first-order chi connectivity index (χ1) is 11.9. The van der Waals surface area contributed by atoms with Gasteiger partial charge in [0.05, 0.1) is 4.92 Å². The quantitative estimate of drug-likeness (QED) is 0.646. The number of nitrogens with two attached hydrogens (primary N) is 1. The Hall–Kier alpha value is -2.97. The van der Waals surface area contributed by atoms with Gasteiger partial charge in [-0.15, -0.1) is 0 Å². The number of piperidine rings is 1. The van der Waals surface area contributed by atoms with Crippen molar-refractivity contribution in [1.29, 1.82) is 0 Å². The molecule has 1 fully saturated rings. The van der Waals surface area contributed by atoms with E-state index in [9.17, 15) is 14.5 Å². The average molecular weight is 346 g/mol. The van der Waals surface area contributed by atoms with Crippen LogP contribution in [0.1, 0.15) is 19.8 Å². The molecular formula is C16H19FN6O2. The minimum atomic E-state index is -0.622. The number of anilines is 4. The molecule has 9 heteroatoms. The van der Waals surface area contributed by atoms with Crippen LogP contribution in [0, 0.1) is 21.8 Å². The van der Waals surface area contributed by atoms with E-state index in [2.05, 4.69) is 22.2 Å². The molecule has 1 aliphatic heterocycles. The summed E-state index contributed by atoms with van der Waals surface area (Å²) >= 11 is 0. The Morgan fingerprint density at radius 2 is 1.92 bits per heavy atom. The molecule has 0 amide bonds. The second kappa shape index (κ2) is 6.88. The largest absolute Gasteiger partial charge is 0.378 e. The Balaban J connectivity index is 1.95. The zero-order valence-electron chi connectivity index (χ0n) is 13.8. The zero-order valence-corrected chi connectivity index (χ0v) is 13.8. The monoisotopic (exact) mass is 346 g/mol. The summed E-state index contributed by atoms with van der Waals surface area (Å²) in [6.07, 6.45) is 2.00. The first-order valence-electron chi connectivity index (χ1n) is 8.03. The van der Waals surface area contributed by atoms with Gasteiger partial charge in [0.1, 0.15) is 5.82 Å². The number of halogens is 1. The van der Waals surface area contributed by atoms with Crippen LogP contribution in [0.25, 0.3) is 0 Å². The van der Waals surface area contributed by atoms with E-state index in [4.69, 9.17) is 5.73 Å². The Bertz CT molecular complexity index is 775. The number of nitrogens with zero attached hydrogens (tertiary/aromatic N) is 4. The molecule has 3 N–H and O–H groups in total. The van der Waals surface area contributed by atoms with Crippen LogP contribution in [-0.2, 0) is 0 Å². The molecule has 8 nitrogen and oxygen atoms in total.